The Morgan fingerprint density at radius 3 is 2.95 bits per heavy atom. The highest BCUT2D eigenvalue weighted by Gasteiger charge is 2.40. The molecule has 112 valence electrons. The maximum Gasteiger partial charge on any atom is 0.316 e. The number of hydrazone groups is 1. The molecule has 2 fully saturated rings. The molecule has 0 unspecified atom stereocenters. The first-order valence-corrected chi connectivity index (χ1v) is 7.07. The Balaban J connectivity index is 1.99. The van der Waals surface area contributed by atoms with Crippen LogP contribution in [0.1, 0.15) is 25.7 Å². The number of methoxy groups -OCH3 is 2. The molecule has 0 aromatic heterocycles. The van der Waals surface area contributed by atoms with E-state index in [1.807, 2.05) is 5.01 Å². The van der Waals surface area contributed by atoms with Gasteiger partial charge in [0, 0.05) is 32.2 Å². The second-order valence-corrected chi connectivity index (χ2v) is 5.35. The number of ether oxygens (including phenoxy) is 2. The van der Waals surface area contributed by atoms with Crippen LogP contribution in [-0.4, -0.2) is 56.4 Å². The average Bonchev–Trinajstić information content (AvgIpc) is 3.03. The molecule has 6 heteroatoms. The molecule has 6 nitrogen and oxygen atoms in total. The van der Waals surface area contributed by atoms with Gasteiger partial charge in [-0.15, -0.1) is 0 Å². The predicted molar refractivity (Wildman–Crippen MR) is 73.3 cm³/mol. The molecule has 0 radical (unpaired) electrons. The minimum absolute atomic E-state index is 0.0387. The molecule has 0 N–H and O–H groups in total. The van der Waals surface area contributed by atoms with Gasteiger partial charge in [0.15, 0.2) is 0 Å². The van der Waals surface area contributed by atoms with Crippen molar-refractivity contribution in [1.29, 1.82) is 0 Å². The number of carbonyl (C=O) groups excluding carboxylic acids is 2. The molecule has 0 aromatic carbocycles. The largest absolute Gasteiger partial charge is 0.468 e. The van der Waals surface area contributed by atoms with Crippen LogP contribution in [0.3, 0.4) is 0 Å². The van der Waals surface area contributed by atoms with Crippen LogP contribution >= 0.6 is 0 Å². The van der Waals surface area contributed by atoms with Crippen molar-refractivity contribution in [3.05, 3.63) is 0 Å². The van der Waals surface area contributed by atoms with E-state index in [1.54, 1.807) is 13.3 Å². The summed E-state index contributed by atoms with van der Waals surface area (Å²) in [7, 11) is 3.00. The molecule has 3 atom stereocenters. The van der Waals surface area contributed by atoms with Crippen LogP contribution in [0.5, 0.6) is 0 Å². The summed E-state index contributed by atoms with van der Waals surface area (Å²) in [6.45, 7) is 1.55. The zero-order valence-electron chi connectivity index (χ0n) is 12.1. The van der Waals surface area contributed by atoms with Crippen molar-refractivity contribution in [3.8, 4) is 0 Å². The van der Waals surface area contributed by atoms with E-state index in [0.29, 0.717) is 25.5 Å². The molecule has 0 spiro atoms. The summed E-state index contributed by atoms with van der Waals surface area (Å²) in [5, 5.41) is 6.48. The minimum Gasteiger partial charge on any atom is -0.468 e. The van der Waals surface area contributed by atoms with Gasteiger partial charge in [-0.1, -0.05) is 0 Å². The lowest BCUT2D eigenvalue weighted by Gasteiger charge is -2.21. The molecular formula is C14H22N2O4. The summed E-state index contributed by atoms with van der Waals surface area (Å²) in [4.78, 5) is 23.4. The van der Waals surface area contributed by atoms with Gasteiger partial charge in [-0.05, 0) is 19.3 Å². The topological polar surface area (TPSA) is 68.2 Å². The summed E-state index contributed by atoms with van der Waals surface area (Å²) in [6, 6.07) is 0.296. The minimum atomic E-state index is -0.674. The fraction of sp³-hybridized carbons (Fsp3) is 0.786. The SMILES string of the molecule is COC[C@@H]1CCCN1/N=C/[C@@H]1CCC(=O)[C@H]1C(=O)OC. The maximum absolute atomic E-state index is 11.8. The number of rotatable bonds is 5. The molecule has 20 heavy (non-hydrogen) atoms. The Kier molecular flexibility index (Phi) is 5.11. The molecule has 0 amide bonds. The first-order valence-electron chi connectivity index (χ1n) is 7.07. The van der Waals surface area contributed by atoms with Gasteiger partial charge in [-0.3, -0.25) is 14.6 Å². The van der Waals surface area contributed by atoms with Gasteiger partial charge in [0.1, 0.15) is 11.7 Å². The van der Waals surface area contributed by atoms with E-state index < -0.39 is 11.9 Å². The fourth-order valence-corrected chi connectivity index (χ4v) is 2.97. The monoisotopic (exact) mass is 282 g/mol. The van der Waals surface area contributed by atoms with Gasteiger partial charge < -0.3 is 9.47 Å². The van der Waals surface area contributed by atoms with Crippen molar-refractivity contribution in [3.63, 3.8) is 0 Å². The van der Waals surface area contributed by atoms with Crippen LogP contribution < -0.4 is 0 Å². The number of nitrogens with zero attached hydrogens (tertiary/aromatic N) is 2. The number of Topliss-reactive ketones (excluding diaryl/α,β-unsaturated/α-hetero) is 1. The molecular weight excluding hydrogens is 260 g/mol. The third kappa shape index (κ3) is 3.17. The quantitative estimate of drug-likeness (QED) is 0.425. The Morgan fingerprint density at radius 2 is 2.25 bits per heavy atom. The molecule has 0 bridgehead atoms. The van der Waals surface area contributed by atoms with Crippen molar-refractivity contribution in [2.24, 2.45) is 16.9 Å². The molecule has 2 rings (SSSR count). The average molecular weight is 282 g/mol. The predicted octanol–water partition coefficient (Wildman–Crippen LogP) is 0.851. The highest BCUT2D eigenvalue weighted by molar-refractivity contribution is 6.03. The van der Waals surface area contributed by atoms with E-state index in [-0.39, 0.29) is 11.7 Å². The van der Waals surface area contributed by atoms with Crippen LogP contribution in [0, 0.1) is 11.8 Å². The van der Waals surface area contributed by atoms with Crippen LogP contribution in [-0.2, 0) is 19.1 Å². The molecule has 1 heterocycles. The van der Waals surface area contributed by atoms with Gasteiger partial charge in [0.25, 0.3) is 0 Å². The second kappa shape index (κ2) is 6.83. The number of hydrogen-bond donors (Lipinski definition) is 0. The van der Waals surface area contributed by atoms with Crippen molar-refractivity contribution >= 4 is 18.0 Å². The van der Waals surface area contributed by atoms with Gasteiger partial charge in [0.05, 0.1) is 19.8 Å². The lowest BCUT2D eigenvalue weighted by atomic mass is 9.97. The van der Waals surface area contributed by atoms with Gasteiger partial charge in [-0.25, -0.2) is 0 Å². The van der Waals surface area contributed by atoms with Crippen LogP contribution in [0.4, 0.5) is 0 Å². The van der Waals surface area contributed by atoms with Crippen LogP contribution in [0.15, 0.2) is 5.10 Å². The Labute approximate surface area is 119 Å². The lowest BCUT2D eigenvalue weighted by molar-refractivity contribution is -0.148. The molecule has 2 aliphatic rings. The summed E-state index contributed by atoms with van der Waals surface area (Å²) in [5.74, 6) is -1.30. The van der Waals surface area contributed by atoms with Crippen LogP contribution in [0.2, 0.25) is 0 Å². The standard InChI is InChI=1S/C14H22N2O4/c1-19-9-11-4-3-7-16(11)15-8-10-5-6-12(17)13(10)14(18)20-2/h8,10-11,13H,3-7,9H2,1-2H3/b15-8+/t10-,11-,13-/m0/s1. The Morgan fingerprint density at radius 1 is 1.45 bits per heavy atom. The van der Waals surface area contributed by atoms with Crippen molar-refractivity contribution in [1.82, 2.24) is 5.01 Å². The van der Waals surface area contributed by atoms with Gasteiger partial charge in [-0.2, -0.15) is 5.10 Å². The summed E-state index contributed by atoms with van der Waals surface area (Å²) < 4.78 is 9.89. The van der Waals surface area contributed by atoms with E-state index in [0.717, 1.165) is 19.4 Å². The molecule has 1 aliphatic heterocycles. The van der Waals surface area contributed by atoms with Crippen LogP contribution in [0.25, 0.3) is 0 Å². The van der Waals surface area contributed by atoms with Crippen molar-refractivity contribution in [2.45, 2.75) is 31.7 Å². The summed E-state index contributed by atoms with van der Waals surface area (Å²) in [6.07, 6.45) is 5.01. The molecule has 0 aromatic rings. The first-order chi connectivity index (χ1) is 9.67. The number of esters is 1. The fourth-order valence-electron chi connectivity index (χ4n) is 2.97. The Hall–Kier alpha value is -1.43. The highest BCUT2D eigenvalue weighted by atomic mass is 16.5. The zero-order valence-corrected chi connectivity index (χ0v) is 12.1. The first kappa shape index (κ1) is 15.0. The number of carbonyl (C=O) groups is 2. The van der Waals surface area contributed by atoms with Gasteiger partial charge in [0.2, 0.25) is 0 Å². The maximum atomic E-state index is 11.8. The molecule has 1 saturated carbocycles. The highest BCUT2D eigenvalue weighted by Crippen LogP contribution is 2.29. The molecule has 1 saturated heterocycles. The van der Waals surface area contributed by atoms with E-state index >= 15 is 0 Å². The third-order valence-electron chi connectivity index (χ3n) is 4.07. The number of ketones is 1. The van der Waals surface area contributed by atoms with E-state index in [9.17, 15) is 9.59 Å². The lowest BCUT2D eigenvalue weighted by Crippen LogP contribution is -2.30. The summed E-state index contributed by atoms with van der Waals surface area (Å²) >= 11 is 0. The van der Waals surface area contributed by atoms with Crippen molar-refractivity contribution in [2.75, 3.05) is 27.4 Å². The van der Waals surface area contributed by atoms with Crippen molar-refractivity contribution < 1.29 is 19.1 Å². The third-order valence-corrected chi connectivity index (χ3v) is 4.07. The summed E-state index contributed by atoms with van der Waals surface area (Å²) in [5.41, 5.74) is 0. The van der Waals surface area contributed by atoms with E-state index in [1.165, 1.54) is 7.11 Å². The normalized spacial score (nSPS) is 30.4. The van der Waals surface area contributed by atoms with E-state index in [4.69, 9.17) is 9.47 Å². The Bertz CT molecular complexity index is 397. The zero-order chi connectivity index (χ0) is 14.5. The second-order valence-electron chi connectivity index (χ2n) is 5.35. The van der Waals surface area contributed by atoms with E-state index in [2.05, 4.69) is 5.10 Å². The van der Waals surface area contributed by atoms with Gasteiger partial charge >= 0.3 is 5.97 Å². The smallest absolute Gasteiger partial charge is 0.316 e. The number of hydrogen-bond acceptors (Lipinski definition) is 6. The molecule has 1 aliphatic carbocycles.